The number of rotatable bonds is 2. The normalized spacial score (nSPS) is 27.3. The van der Waals surface area contributed by atoms with Gasteiger partial charge in [-0.15, -0.1) is 0 Å². The Balaban J connectivity index is 1.63. The molecule has 2 saturated heterocycles. The standard InChI is InChI=1S/C18H20N2O2/c21-11-12-7-15-5-6-16(8-12)20(15)18(22)17-9-13-3-1-2-4-14(13)10-19-17/h1-4,9-10,12,15-16,21H,5-8,11H2/t12?,15-,16+. The maximum absolute atomic E-state index is 12.9. The van der Waals surface area contributed by atoms with Gasteiger partial charge < -0.3 is 10.0 Å². The Kier molecular flexibility index (Phi) is 3.34. The van der Waals surface area contributed by atoms with Crippen molar-refractivity contribution < 1.29 is 9.90 Å². The number of hydrogen-bond donors (Lipinski definition) is 1. The maximum atomic E-state index is 12.9. The van der Waals surface area contributed by atoms with Crippen LogP contribution in [0.3, 0.4) is 0 Å². The highest BCUT2D eigenvalue weighted by molar-refractivity contribution is 5.96. The summed E-state index contributed by atoms with van der Waals surface area (Å²) in [6, 6.07) is 10.4. The summed E-state index contributed by atoms with van der Waals surface area (Å²) in [7, 11) is 0. The van der Waals surface area contributed by atoms with Gasteiger partial charge in [-0.25, -0.2) is 0 Å². The molecule has 0 spiro atoms. The lowest BCUT2D eigenvalue weighted by Gasteiger charge is -2.38. The Labute approximate surface area is 129 Å². The number of fused-ring (bicyclic) bond motifs is 3. The van der Waals surface area contributed by atoms with E-state index in [1.54, 1.807) is 6.20 Å². The lowest BCUT2D eigenvalue weighted by Crippen LogP contribution is -2.47. The molecule has 0 saturated carbocycles. The van der Waals surface area contributed by atoms with Gasteiger partial charge in [0.05, 0.1) is 0 Å². The Hall–Kier alpha value is -1.94. The number of nitrogens with zero attached hydrogens (tertiary/aromatic N) is 2. The number of benzene rings is 1. The van der Waals surface area contributed by atoms with Gasteiger partial charge in [-0.1, -0.05) is 24.3 Å². The van der Waals surface area contributed by atoms with Crippen LogP contribution in [0, 0.1) is 5.92 Å². The minimum atomic E-state index is 0.0506. The third-order valence-electron chi connectivity index (χ3n) is 5.17. The molecule has 4 nitrogen and oxygen atoms in total. The van der Waals surface area contributed by atoms with Crippen molar-refractivity contribution in [3.8, 4) is 0 Å². The number of hydrogen-bond acceptors (Lipinski definition) is 3. The molecule has 1 amide bonds. The van der Waals surface area contributed by atoms with Crippen molar-refractivity contribution in [3.05, 3.63) is 42.2 Å². The second-order valence-corrected chi connectivity index (χ2v) is 6.53. The Morgan fingerprint density at radius 3 is 2.55 bits per heavy atom. The van der Waals surface area contributed by atoms with E-state index in [1.165, 1.54) is 0 Å². The van der Waals surface area contributed by atoms with Crippen LogP contribution in [0.4, 0.5) is 0 Å². The highest BCUT2D eigenvalue weighted by atomic mass is 16.3. The second-order valence-electron chi connectivity index (χ2n) is 6.53. The molecule has 2 fully saturated rings. The van der Waals surface area contributed by atoms with Crippen LogP contribution in [-0.2, 0) is 0 Å². The molecule has 2 aliphatic heterocycles. The van der Waals surface area contributed by atoms with E-state index >= 15 is 0 Å². The van der Waals surface area contributed by atoms with E-state index in [2.05, 4.69) is 4.98 Å². The van der Waals surface area contributed by atoms with E-state index in [9.17, 15) is 9.90 Å². The first-order chi connectivity index (χ1) is 10.8. The summed E-state index contributed by atoms with van der Waals surface area (Å²) in [5.74, 6) is 0.403. The molecule has 0 radical (unpaired) electrons. The fourth-order valence-electron chi connectivity index (χ4n) is 4.10. The predicted octanol–water partition coefficient (Wildman–Crippen LogP) is 2.61. The van der Waals surface area contributed by atoms with Crippen LogP contribution >= 0.6 is 0 Å². The maximum Gasteiger partial charge on any atom is 0.272 e. The molecular formula is C18H20N2O2. The van der Waals surface area contributed by atoms with Gasteiger partial charge in [0.1, 0.15) is 5.69 Å². The number of aliphatic hydroxyl groups is 1. The number of aromatic nitrogens is 1. The van der Waals surface area contributed by atoms with Crippen LogP contribution in [0.15, 0.2) is 36.5 Å². The molecule has 3 heterocycles. The van der Waals surface area contributed by atoms with Crippen molar-refractivity contribution in [1.82, 2.24) is 9.88 Å². The lowest BCUT2D eigenvalue weighted by molar-refractivity contribution is 0.0448. The average Bonchev–Trinajstić information content (AvgIpc) is 2.83. The molecule has 4 rings (SSSR count). The van der Waals surface area contributed by atoms with Gasteiger partial charge in [0.15, 0.2) is 0 Å². The third-order valence-corrected chi connectivity index (χ3v) is 5.17. The molecular weight excluding hydrogens is 276 g/mol. The largest absolute Gasteiger partial charge is 0.396 e. The number of carbonyl (C=O) groups excluding carboxylic acids is 1. The Morgan fingerprint density at radius 1 is 1.18 bits per heavy atom. The second kappa shape index (κ2) is 5.36. The fraction of sp³-hybridized carbons (Fsp3) is 0.444. The van der Waals surface area contributed by atoms with Crippen LogP contribution in [0.5, 0.6) is 0 Å². The third kappa shape index (κ3) is 2.18. The van der Waals surface area contributed by atoms with Crippen LogP contribution in [0.2, 0.25) is 0 Å². The number of pyridine rings is 1. The van der Waals surface area contributed by atoms with Crippen molar-refractivity contribution in [2.45, 2.75) is 37.8 Å². The molecule has 4 heteroatoms. The molecule has 1 aromatic heterocycles. The molecule has 0 aliphatic carbocycles. The highest BCUT2D eigenvalue weighted by Crippen LogP contribution is 2.39. The summed E-state index contributed by atoms with van der Waals surface area (Å²) in [6.45, 7) is 0.239. The molecule has 114 valence electrons. The molecule has 1 unspecified atom stereocenters. The van der Waals surface area contributed by atoms with E-state index < -0.39 is 0 Å². The quantitative estimate of drug-likeness (QED) is 0.927. The van der Waals surface area contributed by atoms with Crippen molar-refractivity contribution in [2.24, 2.45) is 5.92 Å². The minimum Gasteiger partial charge on any atom is -0.396 e. The van der Waals surface area contributed by atoms with Crippen LogP contribution in [0.1, 0.15) is 36.2 Å². The van der Waals surface area contributed by atoms with Crippen LogP contribution < -0.4 is 0 Å². The molecule has 3 atom stereocenters. The van der Waals surface area contributed by atoms with E-state index in [1.807, 2.05) is 35.2 Å². The zero-order chi connectivity index (χ0) is 15.1. The van der Waals surface area contributed by atoms with Crippen molar-refractivity contribution in [1.29, 1.82) is 0 Å². The van der Waals surface area contributed by atoms with Crippen LogP contribution in [0.25, 0.3) is 10.8 Å². The van der Waals surface area contributed by atoms with Gasteiger partial charge in [0.25, 0.3) is 5.91 Å². The van der Waals surface area contributed by atoms with Crippen molar-refractivity contribution in [3.63, 3.8) is 0 Å². The van der Waals surface area contributed by atoms with E-state index in [0.717, 1.165) is 36.5 Å². The average molecular weight is 296 g/mol. The zero-order valence-corrected chi connectivity index (χ0v) is 12.5. The van der Waals surface area contributed by atoms with Gasteiger partial charge in [-0.05, 0) is 43.1 Å². The molecule has 22 heavy (non-hydrogen) atoms. The molecule has 2 bridgehead atoms. The lowest BCUT2D eigenvalue weighted by atomic mass is 9.91. The first-order valence-electron chi connectivity index (χ1n) is 8.04. The van der Waals surface area contributed by atoms with Gasteiger partial charge in [0.2, 0.25) is 0 Å². The summed E-state index contributed by atoms with van der Waals surface area (Å²) in [5.41, 5.74) is 0.540. The van der Waals surface area contributed by atoms with Gasteiger partial charge in [-0.2, -0.15) is 0 Å². The van der Waals surface area contributed by atoms with E-state index in [4.69, 9.17) is 0 Å². The number of amides is 1. The molecule has 1 N–H and O–H groups in total. The van der Waals surface area contributed by atoms with Gasteiger partial charge in [0, 0.05) is 30.3 Å². The topological polar surface area (TPSA) is 53.4 Å². The van der Waals surface area contributed by atoms with Gasteiger partial charge in [-0.3, -0.25) is 9.78 Å². The van der Waals surface area contributed by atoms with E-state index in [0.29, 0.717) is 11.6 Å². The first-order valence-corrected chi connectivity index (χ1v) is 8.04. The van der Waals surface area contributed by atoms with Crippen molar-refractivity contribution in [2.75, 3.05) is 6.61 Å². The Bertz CT molecular complexity index is 701. The summed E-state index contributed by atoms with van der Waals surface area (Å²) in [4.78, 5) is 19.3. The first kappa shape index (κ1) is 13.7. The van der Waals surface area contributed by atoms with E-state index in [-0.39, 0.29) is 24.6 Å². The molecule has 1 aromatic carbocycles. The monoisotopic (exact) mass is 296 g/mol. The number of piperidine rings is 1. The van der Waals surface area contributed by atoms with Gasteiger partial charge >= 0.3 is 0 Å². The summed E-state index contributed by atoms with van der Waals surface area (Å²) >= 11 is 0. The summed E-state index contributed by atoms with van der Waals surface area (Å²) in [6.07, 6.45) is 5.74. The smallest absolute Gasteiger partial charge is 0.272 e. The minimum absolute atomic E-state index is 0.0506. The Morgan fingerprint density at radius 2 is 1.86 bits per heavy atom. The SMILES string of the molecule is O=C(c1cc2ccccc2cn1)N1[C@@H]2CC[C@H]1CC(CO)C2. The summed E-state index contributed by atoms with van der Waals surface area (Å²) in [5, 5.41) is 11.5. The summed E-state index contributed by atoms with van der Waals surface area (Å²) < 4.78 is 0. The van der Waals surface area contributed by atoms with Crippen LogP contribution in [-0.4, -0.2) is 39.6 Å². The highest BCUT2D eigenvalue weighted by Gasteiger charge is 2.43. The number of carbonyl (C=O) groups is 1. The van der Waals surface area contributed by atoms with Crippen molar-refractivity contribution >= 4 is 16.7 Å². The predicted molar refractivity (Wildman–Crippen MR) is 84.5 cm³/mol. The molecule has 2 aliphatic rings. The zero-order valence-electron chi connectivity index (χ0n) is 12.5. The molecule has 2 aromatic rings. The fourth-order valence-corrected chi connectivity index (χ4v) is 4.10. The number of aliphatic hydroxyl groups excluding tert-OH is 1.